The summed E-state index contributed by atoms with van der Waals surface area (Å²) in [6, 6.07) is 1.96. The van der Waals surface area contributed by atoms with E-state index in [1.807, 2.05) is 4.90 Å². The van der Waals surface area contributed by atoms with Crippen LogP contribution in [0, 0.1) is 0 Å². The molecule has 3 heterocycles. The van der Waals surface area contributed by atoms with E-state index in [2.05, 4.69) is 26.5 Å². The molecule has 0 radical (unpaired) electrons. The molecule has 0 aromatic carbocycles. The third kappa shape index (κ3) is 4.22. The Morgan fingerprint density at radius 1 is 1.48 bits per heavy atom. The highest BCUT2D eigenvalue weighted by Crippen LogP contribution is 2.21. The number of aromatic nitrogens is 4. The van der Waals surface area contributed by atoms with Gasteiger partial charge in [-0.2, -0.15) is 4.98 Å². The molecule has 1 atom stereocenters. The second-order valence-corrected chi connectivity index (χ2v) is 6.57. The highest BCUT2D eigenvalue weighted by Gasteiger charge is 2.28. The van der Waals surface area contributed by atoms with Crippen molar-refractivity contribution in [3.05, 3.63) is 22.8 Å². The highest BCUT2D eigenvalue weighted by molar-refractivity contribution is 7.08. The van der Waals surface area contributed by atoms with E-state index in [1.165, 1.54) is 18.6 Å². The molecule has 25 heavy (non-hydrogen) atoms. The van der Waals surface area contributed by atoms with Crippen molar-refractivity contribution in [1.82, 2.24) is 24.5 Å². The Balaban J connectivity index is 1.66. The molecule has 2 aromatic heterocycles. The van der Waals surface area contributed by atoms with Gasteiger partial charge in [0, 0.05) is 18.8 Å². The number of hydrogen-bond acceptors (Lipinski definition) is 8. The molecule has 1 amide bonds. The predicted octanol–water partition coefficient (Wildman–Crippen LogP) is 1.97. The lowest BCUT2D eigenvalue weighted by Crippen LogP contribution is -2.44. The summed E-state index contributed by atoms with van der Waals surface area (Å²) in [5, 5.41) is 4.09. The van der Waals surface area contributed by atoms with E-state index < -0.39 is 0 Å². The number of amides is 1. The molecule has 0 aliphatic carbocycles. The lowest BCUT2D eigenvalue weighted by Gasteiger charge is -2.32. The quantitative estimate of drug-likeness (QED) is 0.775. The van der Waals surface area contributed by atoms with Crippen LogP contribution in [0.4, 0.5) is 0 Å². The first-order chi connectivity index (χ1) is 12.2. The molecule has 1 aliphatic rings. The summed E-state index contributed by atoms with van der Waals surface area (Å²) in [6.07, 6.45) is 4.95. The van der Waals surface area contributed by atoms with Gasteiger partial charge in [-0.3, -0.25) is 4.79 Å². The Morgan fingerprint density at radius 3 is 3.16 bits per heavy atom. The van der Waals surface area contributed by atoms with Gasteiger partial charge in [0.2, 0.25) is 5.88 Å². The van der Waals surface area contributed by atoms with E-state index >= 15 is 0 Å². The fourth-order valence-corrected chi connectivity index (χ4v) is 3.47. The molecule has 134 valence electrons. The Hall–Kier alpha value is -2.29. The first kappa shape index (κ1) is 17.5. The van der Waals surface area contributed by atoms with Gasteiger partial charge in [0.05, 0.1) is 19.3 Å². The molecular formula is C16H21N5O3S. The third-order valence-electron chi connectivity index (χ3n) is 3.98. The van der Waals surface area contributed by atoms with E-state index in [-0.39, 0.29) is 18.0 Å². The van der Waals surface area contributed by atoms with Crippen LogP contribution >= 0.6 is 11.5 Å². The van der Waals surface area contributed by atoms with Crippen molar-refractivity contribution in [2.24, 2.45) is 0 Å². The second kappa shape index (κ2) is 8.19. The predicted molar refractivity (Wildman–Crippen MR) is 92.0 cm³/mol. The van der Waals surface area contributed by atoms with Crippen molar-refractivity contribution in [2.75, 3.05) is 20.2 Å². The van der Waals surface area contributed by atoms with Crippen LogP contribution in [0.25, 0.3) is 0 Å². The number of carbonyl (C=O) groups excluding carboxylic acids is 1. The summed E-state index contributed by atoms with van der Waals surface area (Å²) < 4.78 is 14.9. The number of nitrogens with zero attached hydrogens (tertiary/aromatic N) is 5. The molecule has 3 rings (SSSR count). The summed E-state index contributed by atoms with van der Waals surface area (Å²) >= 11 is 1.17. The maximum absolute atomic E-state index is 12.8. The average Bonchev–Trinajstić information content (AvgIpc) is 3.10. The number of likely N-dealkylation sites (tertiary alicyclic amines) is 1. The molecule has 1 aliphatic heterocycles. The van der Waals surface area contributed by atoms with Gasteiger partial charge < -0.3 is 14.4 Å². The number of hydrogen-bond donors (Lipinski definition) is 0. The van der Waals surface area contributed by atoms with Crippen LogP contribution in [0.3, 0.4) is 0 Å². The van der Waals surface area contributed by atoms with Crippen molar-refractivity contribution in [3.63, 3.8) is 0 Å². The summed E-state index contributed by atoms with van der Waals surface area (Å²) in [7, 11) is 1.51. The van der Waals surface area contributed by atoms with Crippen molar-refractivity contribution >= 4 is 17.4 Å². The van der Waals surface area contributed by atoms with Crippen LogP contribution in [0.2, 0.25) is 0 Å². The van der Waals surface area contributed by atoms with Crippen LogP contribution < -0.4 is 9.47 Å². The summed E-state index contributed by atoms with van der Waals surface area (Å²) in [4.78, 5) is 23.4. The van der Waals surface area contributed by atoms with E-state index in [0.717, 1.165) is 37.9 Å². The van der Waals surface area contributed by atoms with Crippen LogP contribution in [0.1, 0.15) is 41.6 Å². The molecular weight excluding hydrogens is 342 g/mol. The Bertz CT molecular complexity index is 723. The third-order valence-corrected chi connectivity index (χ3v) is 4.74. The number of rotatable bonds is 6. The number of methoxy groups -OCH3 is 1. The molecule has 2 aromatic rings. The normalized spacial score (nSPS) is 17.4. The zero-order chi connectivity index (χ0) is 17.6. The zero-order valence-corrected chi connectivity index (χ0v) is 15.2. The Morgan fingerprint density at radius 2 is 2.36 bits per heavy atom. The standard InChI is InChI=1S/C16H21N5O3S/c1-3-5-12-14(25-20-19-12)15(22)21-9-4-6-11(10-21)24-13-7-8-17-16(18-13)23-2/h7-8,11H,3-6,9-10H2,1-2H3. The Labute approximate surface area is 150 Å². The smallest absolute Gasteiger partial charge is 0.319 e. The highest BCUT2D eigenvalue weighted by atomic mass is 32.1. The first-order valence-electron chi connectivity index (χ1n) is 8.35. The van der Waals surface area contributed by atoms with Gasteiger partial charge in [0.15, 0.2) is 0 Å². The maximum atomic E-state index is 12.8. The molecule has 9 heteroatoms. The maximum Gasteiger partial charge on any atom is 0.319 e. The van der Waals surface area contributed by atoms with Crippen molar-refractivity contribution in [2.45, 2.75) is 38.7 Å². The van der Waals surface area contributed by atoms with E-state index in [9.17, 15) is 4.79 Å². The van der Waals surface area contributed by atoms with Gasteiger partial charge in [0.1, 0.15) is 11.0 Å². The molecule has 1 unspecified atom stereocenters. The van der Waals surface area contributed by atoms with Gasteiger partial charge in [-0.05, 0) is 30.8 Å². The summed E-state index contributed by atoms with van der Waals surface area (Å²) in [5.74, 6) is 0.448. The van der Waals surface area contributed by atoms with Crippen molar-refractivity contribution < 1.29 is 14.3 Å². The molecule has 0 saturated carbocycles. The minimum Gasteiger partial charge on any atom is -0.472 e. The summed E-state index contributed by atoms with van der Waals surface area (Å²) in [5.41, 5.74) is 0.793. The minimum absolute atomic E-state index is 0.00739. The van der Waals surface area contributed by atoms with E-state index in [0.29, 0.717) is 17.3 Å². The van der Waals surface area contributed by atoms with Crippen molar-refractivity contribution in [1.29, 1.82) is 0 Å². The number of piperidine rings is 1. The fraction of sp³-hybridized carbons (Fsp3) is 0.562. The van der Waals surface area contributed by atoms with E-state index in [4.69, 9.17) is 9.47 Å². The second-order valence-electron chi connectivity index (χ2n) is 5.81. The van der Waals surface area contributed by atoms with E-state index in [1.54, 1.807) is 12.3 Å². The fourth-order valence-electron chi connectivity index (χ4n) is 2.79. The van der Waals surface area contributed by atoms with Gasteiger partial charge in [-0.1, -0.05) is 17.8 Å². The molecule has 1 fully saturated rings. The summed E-state index contributed by atoms with van der Waals surface area (Å²) in [6.45, 7) is 3.30. The topological polar surface area (TPSA) is 90.3 Å². The lowest BCUT2D eigenvalue weighted by atomic mass is 10.1. The first-order valence-corrected chi connectivity index (χ1v) is 9.12. The van der Waals surface area contributed by atoms with Crippen LogP contribution in [0.5, 0.6) is 11.9 Å². The Kier molecular flexibility index (Phi) is 5.75. The van der Waals surface area contributed by atoms with Gasteiger partial charge >= 0.3 is 6.01 Å². The average molecular weight is 363 g/mol. The number of ether oxygens (including phenoxy) is 2. The molecule has 0 N–H and O–H groups in total. The van der Waals surface area contributed by atoms with Gasteiger partial charge in [0.25, 0.3) is 5.91 Å². The minimum atomic E-state index is -0.104. The van der Waals surface area contributed by atoms with Crippen LogP contribution in [0.15, 0.2) is 12.3 Å². The SMILES string of the molecule is CCCc1nnsc1C(=O)N1CCCC(Oc2ccnc(OC)n2)C1. The van der Waals surface area contributed by atoms with Crippen LogP contribution in [-0.4, -0.2) is 56.7 Å². The van der Waals surface area contributed by atoms with Crippen molar-refractivity contribution in [3.8, 4) is 11.9 Å². The van der Waals surface area contributed by atoms with Gasteiger partial charge in [-0.15, -0.1) is 5.10 Å². The molecule has 0 spiro atoms. The zero-order valence-electron chi connectivity index (χ0n) is 14.3. The molecule has 1 saturated heterocycles. The van der Waals surface area contributed by atoms with Gasteiger partial charge in [-0.25, -0.2) is 4.98 Å². The number of carbonyl (C=O) groups is 1. The molecule has 8 nitrogen and oxygen atoms in total. The molecule has 0 bridgehead atoms. The largest absolute Gasteiger partial charge is 0.472 e. The number of aryl methyl sites for hydroxylation is 1. The monoisotopic (exact) mass is 363 g/mol. The van der Waals surface area contributed by atoms with Crippen LogP contribution in [-0.2, 0) is 6.42 Å². The lowest BCUT2D eigenvalue weighted by molar-refractivity contribution is 0.0529.